The predicted octanol–water partition coefficient (Wildman–Crippen LogP) is 4.61. The van der Waals surface area contributed by atoms with Crippen LogP contribution in [-0.4, -0.2) is 26.1 Å². The van der Waals surface area contributed by atoms with Crippen LogP contribution in [0, 0.1) is 23.7 Å². The molecule has 1 N–H and O–H groups in total. The van der Waals surface area contributed by atoms with Crippen molar-refractivity contribution in [1.82, 2.24) is 0 Å². The topological polar surface area (TPSA) is 29.5 Å². The van der Waals surface area contributed by atoms with Gasteiger partial charge in [-0.25, -0.2) is 0 Å². The molecule has 0 radical (unpaired) electrons. The van der Waals surface area contributed by atoms with Crippen molar-refractivity contribution in [1.29, 1.82) is 0 Å². The third-order valence-corrected chi connectivity index (χ3v) is 10.6. The van der Waals surface area contributed by atoms with Gasteiger partial charge in [-0.05, 0) is 22.3 Å². The van der Waals surface area contributed by atoms with Crippen molar-refractivity contribution in [3.05, 3.63) is 60.7 Å². The first-order chi connectivity index (χ1) is 13.7. The van der Waals surface area contributed by atoms with Gasteiger partial charge in [0.25, 0.3) is 8.32 Å². The van der Waals surface area contributed by atoms with Gasteiger partial charge in [0.1, 0.15) is 0 Å². The first kappa shape index (κ1) is 23.4. The maximum atomic E-state index is 10.8. The maximum Gasteiger partial charge on any atom is 0.261 e. The van der Waals surface area contributed by atoms with Gasteiger partial charge in [-0.2, -0.15) is 0 Å². The van der Waals surface area contributed by atoms with Gasteiger partial charge in [0.05, 0.1) is 6.10 Å². The van der Waals surface area contributed by atoms with Crippen molar-refractivity contribution < 1.29 is 9.53 Å². The van der Waals surface area contributed by atoms with E-state index in [1.165, 1.54) is 10.4 Å². The molecule has 0 saturated carbocycles. The highest BCUT2D eigenvalue weighted by Crippen LogP contribution is 2.37. The van der Waals surface area contributed by atoms with E-state index in [0.29, 0.717) is 6.61 Å². The molecule has 2 aromatic rings. The number of aliphatic hydroxyl groups excluding tert-OH is 1. The molecular formula is C26H36O2Si. The molecule has 0 unspecified atom stereocenters. The summed E-state index contributed by atoms with van der Waals surface area (Å²) in [5.74, 6) is 6.19. The van der Waals surface area contributed by atoms with Crippen LogP contribution in [0.5, 0.6) is 0 Å². The Bertz CT molecular complexity index is 760. The molecule has 0 aromatic heterocycles. The molecule has 2 rings (SSSR count). The normalized spacial score (nSPS) is 15.1. The average Bonchev–Trinajstić information content (AvgIpc) is 2.72. The Labute approximate surface area is 178 Å². The van der Waals surface area contributed by atoms with E-state index in [1.54, 1.807) is 0 Å². The molecule has 29 heavy (non-hydrogen) atoms. The van der Waals surface area contributed by atoms with E-state index in [9.17, 15) is 5.11 Å². The second kappa shape index (κ2) is 10.3. The third-order valence-electron chi connectivity index (χ3n) is 5.58. The monoisotopic (exact) mass is 408 g/mol. The zero-order chi connectivity index (χ0) is 21.5. The molecule has 0 heterocycles. The van der Waals surface area contributed by atoms with Gasteiger partial charge in [0.2, 0.25) is 0 Å². The van der Waals surface area contributed by atoms with E-state index in [0.717, 1.165) is 6.42 Å². The molecule has 2 aromatic carbocycles. The van der Waals surface area contributed by atoms with Gasteiger partial charge >= 0.3 is 0 Å². The van der Waals surface area contributed by atoms with Crippen molar-refractivity contribution in [2.24, 2.45) is 11.8 Å². The minimum absolute atomic E-state index is 0.00203. The smallest absolute Gasteiger partial charge is 0.261 e. The summed E-state index contributed by atoms with van der Waals surface area (Å²) < 4.78 is 6.93. The zero-order valence-corrected chi connectivity index (χ0v) is 19.8. The van der Waals surface area contributed by atoms with Crippen LogP contribution in [0.25, 0.3) is 0 Å². The number of hydrogen-bond acceptors (Lipinski definition) is 2. The Morgan fingerprint density at radius 1 is 0.931 bits per heavy atom. The summed E-state index contributed by atoms with van der Waals surface area (Å²) in [7, 11) is -2.57. The Hall–Kier alpha value is -1.86. The van der Waals surface area contributed by atoms with Gasteiger partial charge in [-0.3, -0.25) is 0 Å². The molecule has 0 spiro atoms. The van der Waals surface area contributed by atoms with Gasteiger partial charge in [-0.1, -0.05) is 101 Å². The Morgan fingerprint density at radius 3 is 1.83 bits per heavy atom. The number of aliphatic hydroxyl groups is 1. The standard InChI is InChI=1S/C26H36O2Si/c1-7-8-15-21(2)25(27)22(3)20-28-29(26(4,5)6,23-16-11-9-12-17-23)24-18-13-10-14-19-24/h9-14,16-19,21-22,25,27H,7,20H2,1-6H3/t21-,22-,25+/m0/s1. The van der Waals surface area contributed by atoms with Crippen molar-refractivity contribution in [2.45, 2.75) is 59.1 Å². The lowest BCUT2D eigenvalue weighted by atomic mass is 9.94. The first-order valence-corrected chi connectivity index (χ1v) is 12.6. The molecule has 0 aliphatic heterocycles. The van der Waals surface area contributed by atoms with Crippen molar-refractivity contribution in [3.63, 3.8) is 0 Å². The Balaban J connectivity index is 2.41. The highest BCUT2D eigenvalue weighted by atomic mass is 28.4. The first-order valence-electron chi connectivity index (χ1n) is 10.7. The van der Waals surface area contributed by atoms with Crippen molar-refractivity contribution in [2.75, 3.05) is 6.61 Å². The Morgan fingerprint density at radius 2 is 1.41 bits per heavy atom. The molecule has 0 aliphatic rings. The second-order valence-corrected chi connectivity index (χ2v) is 13.2. The highest BCUT2D eigenvalue weighted by molar-refractivity contribution is 6.99. The fourth-order valence-electron chi connectivity index (χ4n) is 3.96. The van der Waals surface area contributed by atoms with Crippen LogP contribution in [0.2, 0.25) is 5.04 Å². The SMILES string of the molecule is CCC#C[C@H](C)[C@@H](O)[C@@H](C)CO[Si](c1ccccc1)(c1ccccc1)C(C)(C)C. The lowest BCUT2D eigenvalue weighted by Crippen LogP contribution is -2.67. The summed E-state index contributed by atoms with van der Waals surface area (Å²) >= 11 is 0. The summed E-state index contributed by atoms with van der Waals surface area (Å²) in [4.78, 5) is 0. The number of benzene rings is 2. The van der Waals surface area contributed by atoms with E-state index in [4.69, 9.17) is 4.43 Å². The second-order valence-electron chi connectivity index (χ2n) is 8.91. The van der Waals surface area contributed by atoms with Crippen LogP contribution in [0.1, 0.15) is 48.0 Å². The van der Waals surface area contributed by atoms with E-state index in [-0.39, 0.29) is 16.9 Å². The van der Waals surface area contributed by atoms with Gasteiger partial charge < -0.3 is 9.53 Å². The van der Waals surface area contributed by atoms with E-state index < -0.39 is 14.4 Å². The molecule has 3 atom stereocenters. The Kier molecular flexibility index (Phi) is 8.28. The summed E-state index contributed by atoms with van der Waals surface area (Å²) in [6.07, 6.45) is 0.302. The van der Waals surface area contributed by atoms with E-state index >= 15 is 0 Å². The lowest BCUT2D eigenvalue weighted by molar-refractivity contribution is 0.0576. The number of rotatable bonds is 7. The molecule has 156 valence electrons. The maximum absolute atomic E-state index is 10.8. The van der Waals surface area contributed by atoms with Crippen LogP contribution < -0.4 is 10.4 Å². The predicted molar refractivity (Wildman–Crippen MR) is 126 cm³/mol. The lowest BCUT2D eigenvalue weighted by Gasteiger charge is -2.44. The van der Waals surface area contributed by atoms with Crippen LogP contribution in [0.3, 0.4) is 0 Å². The summed E-state index contributed by atoms with van der Waals surface area (Å²) in [6, 6.07) is 21.3. The van der Waals surface area contributed by atoms with E-state index in [2.05, 4.69) is 100 Å². The molecule has 0 amide bonds. The van der Waals surface area contributed by atoms with Crippen LogP contribution in [0.4, 0.5) is 0 Å². The average molecular weight is 409 g/mol. The molecule has 0 saturated heterocycles. The minimum Gasteiger partial charge on any atom is -0.407 e. The molecule has 3 heteroatoms. The molecular weight excluding hydrogens is 372 g/mol. The zero-order valence-electron chi connectivity index (χ0n) is 18.8. The number of hydrogen-bond donors (Lipinski definition) is 1. The molecule has 0 aliphatic carbocycles. The van der Waals surface area contributed by atoms with Crippen LogP contribution in [-0.2, 0) is 4.43 Å². The van der Waals surface area contributed by atoms with Gasteiger partial charge in [0.15, 0.2) is 0 Å². The summed E-state index contributed by atoms with van der Waals surface area (Å²) in [5.41, 5.74) is 0. The molecule has 0 bridgehead atoms. The van der Waals surface area contributed by atoms with Crippen LogP contribution in [0.15, 0.2) is 60.7 Å². The summed E-state index contributed by atoms with van der Waals surface area (Å²) in [5, 5.41) is 13.3. The van der Waals surface area contributed by atoms with Gasteiger partial charge in [0, 0.05) is 24.9 Å². The van der Waals surface area contributed by atoms with Gasteiger partial charge in [-0.15, -0.1) is 5.92 Å². The molecule has 0 fully saturated rings. The van der Waals surface area contributed by atoms with Crippen LogP contribution >= 0.6 is 0 Å². The molecule has 2 nitrogen and oxygen atoms in total. The fraction of sp³-hybridized carbons (Fsp3) is 0.462. The quantitative estimate of drug-likeness (QED) is 0.535. The fourth-order valence-corrected chi connectivity index (χ4v) is 8.63. The highest BCUT2D eigenvalue weighted by Gasteiger charge is 2.50. The van der Waals surface area contributed by atoms with E-state index in [1.807, 2.05) is 13.8 Å². The summed E-state index contributed by atoms with van der Waals surface area (Å²) in [6.45, 7) is 13.4. The third kappa shape index (κ3) is 5.39. The largest absolute Gasteiger partial charge is 0.407 e. The van der Waals surface area contributed by atoms with Crippen molar-refractivity contribution >= 4 is 18.7 Å². The van der Waals surface area contributed by atoms with Crippen molar-refractivity contribution in [3.8, 4) is 11.8 Å². The minimum atomic E-state index is -2.57.